The molecule has 0 N–H and O–H groups in total. The maximum atomic E-state index is 14.1. The topological polar surface area (TPSA) is 55.3 Å². The van der Waals surface area contributed by atoms with Crippen LogP contribution in [0.25, 0.3) is 0 Å². The molecule has 1 heterocycles. The molecule has 18 heavy (non-hydrogen) atoms. The number of hydrogen-bond acceptors (Lipinski definition) is 5. The van der Waals surface area contributed by atoms with Gasteiger partial charge >= 0.3 is 5.97 Å². The highest BCUT2D eigenvalue weighted by atomic mass is 19.1. The van der Waals surface area contributed by atoms with Crippen molar-refractivity contribution in [2.75, 3.05) is 18.6 Å². The Kier molecular flexibility index (Phi) is 5.00. The third kappa shape index (κ3) is 3.15. The van der Waals surface area contributed by atoms with Crippen LogP contribution in [0.1, 0.15) is 26.5 Å². The Labute approximate surface area is 106 Å². The van der Waals surface area contributed by atoms with Crippen molar-refractivity contribution >= 4 is 11.8 Å². The van der Waals surface area contributed by atoms with Crippen LogP contribution in [0.3, 0.4) is 0 Å². The highest BCUT2D eigenvalue weighted by Gasteiger charge is 2.21. The second-order valence-corrected chi connectivity index (χ2v) is 4.11. The Hall–Kier alpha value is -1.72. The molecular weight excluding hydrogens is 237 g/mol. The summed E-state index contributed by atoms with van der Waals surface area (Å²) in [5.41, 5.74) is 0.343. The number of carbonyl (C=O) groups excluding carboxylic acids is 1. The van der Waals surface area contributed by atoms with Gasteiger partial charge in [-0.3, -0.25) is 4.79 Å². The maximum absolute atomic E-state index is 14.1. The summed E-state index contributed by atoms with van der Waals surface area (Å²) >= 11 is 0. The smallest absolute Gasteiger partial charge is 0.325 e. The van der Waals surface area contributed by atoms with Crippen LogP contribution in [-0.2, 0) is 16.0 Å². The van der Waals surface area contributed by atoms with Crippen LogP contribution in [0.2, 0.25) is 0 Å². The number of rotatable bonds is 5. The first-order chi connectivity index (χ1) is 8.51. The lowest BCUT2D eigenvalue weighted by atomic mass is 10.2. The van der Waals surface area contributed by atoms with Gasteiger partial charge in [-0.1, -0.05) is 6.92 Å². The molecule has 0 saturated carbocycles. The average Bonchev–Trinajstić information content (AvgIpc) is 2.36. The van der Waals surface area contributed by atoms with Gasteiger partial charge in [0, 0.05) is 6.04 Å². The highest BCUT2D eigenvalue weighted by Crippen LogP contribution is 2.20. The Bertz CT molecular complexity index is 424. The Morgan fingerprint density at radius 3 is 2.67 bits per heavy atom. The Morgan fingerprint density at radius 2 is 2.17 bits per heavy atom. The number of ether oxygens (including phenoxy) is 1. The van der Waals surface area contributed by atoms with Crippen LogP contribution in [0.4, 0.5) is 10.2 Å². The van der Waals surface area contributed by atoms with E-state index in [1.165, 1.54) is 13.4 Å². The number of aryl methyl sites for hydroxylation is 1. The van der Waals surface area contributed by atoms with Gasteiger partial charge in [-0.05, 0) is 20.3 Å². The zero-order chi connectivity index (χ0) is 13.7. The van der Waals surface area contributed by atoms with E-state index >= 15 is 0 Å². The van der Waals surface area contributed by atoms with E-state index in [0.717, 1.165) is 0 Å². The van der Waals surface area contributed by atoms with Crippen molar-refractivity contribution in [2.24, 2.45) is 0 Å². The fourth-order valence-corrected chi connectivity index (χ4v) is 1.55. The predicted octanol–water partition coefficient (Wildman–Crippen LogP) is 1.57. The monoisotopic (exact) mass is 255 g/mol. The lowest BCUT2D eigenvalue weighted by Gasteiger charge is -2.27. The molecule has 0 amide bonds. The van der Waals surface area contributed by atoms with Crippen molar-refractivity contribution in [2.45, 2.75) is 33.2 Å². The molecule has 0 saturated heterocycles. The summed E-state index contributed by atoms with van der Waals surface area (Å²) in [6.45, 7) is 5.49. The number of hydrogen-bond donors (Lipinski definition) is 0. The normalized spacial score (nSPS) is 10.6. The minimum absolute atomic E-state index is 0.0365. The van der Waals surface area contributed by atoms with E-state index in [-0.39, 0.29) is 18.4 Å². The number of nitrogens with zero attached hydrogens (tertiary/aromatic N) is 3. The van der Waals surface area contributed by atoms with E-state index in [1.54, 1.807) is 4.90 Å². The van der Waals surface area contributed by atoms with E-state index in [9.17, 15) is 9.18 Å². The minimum atomic E-state index is -0.474. The molecule has 0 radical (unpaired) electrons. The van der Waals surface area contributed by atoms with Crippen LogP contribution < -0.4 is 4.90 Å². The summed E-state index contributed by atoms with van der Waals surface area (Å²) in [5.74, 6) is -0.764. The molecule has 0 spiro atoms. The number of carbonyl (C=O) groups is 1. The second kappa shape index (κ2) is 6.28. The standard InChI is InChI=1S/C12H18FN3O2/c1-5-9-11(13)12(15-7-14-9)16(8(2)3)6-10(17)18-4/h7-8H,5-6H2,1-4H3. The van der Waals surface area contributed by atoms with Gasteiger partial charge in [-0.2, -0.15) is 0 Å². The molecule has 0 aliphatic rings. The average molecular weight is 255 g/mol. The van der Waals surface area contributed by atoms with E-state index in [1.807, 2.05) is 20.8 Å². The first-order valence-electron chi connectivity index (χ1n) is 5.84. The van der Waals surface area contributed by atoms with E-state index < -0.39 is 11.8 Å². The van der Waals surface area contributed by atoms with E-state index in [4.69, 9.17) is 0 Å². The molecule has 100 valence electrons. The van der Waals surface area contributed by atoms with Gasteiger partial charge in [0.25, 0.3) is 0 Å². The molecule has 0 fully saturated rings. The zero-order valence-corrected chi connectivity index (χ0v) is 11.1. The van der Waals surface area contributed by atoms with Crippen LogP contribution in [-0.4, -0.2) is 35.6 Å². The van der Waals surface area contributed by atoms with Gasteiger partial charge in [0.05, 0.1) is 12.8 Å². The molecule has 1 aromatic heterocycles. The van der Waals surface area contributed by atoms with Crippen LogP contribution >= 0.6 is 0 Å². The van der Waals surface area contributed by atoms with Crippen molar-refractivity contribution in [3.63, 3.8) is 0 Å². The molecule has 6 heteroatoms. The molecule has 1 aromatic rings. The SMILES string of the molecule is CCc1ncnc(N(CC(=O)OC)C(C)C)c1F. The number of esters is 1. The van der Waals surface area contributed by atoms with Crippen molar-refractivity contribution in [3.05, 3.63) is 17.8 Å². The lowest BCUT2D eigenvalue weighted by Crippen LogP contribution is -2.37. The number of halogens is 1. The minimum Gasteiger partial charge on any atom is -0.468 e. The fourth-order valence-electron chi connectivity index (χ4n) is 1.55. The van der Waals surface area contributed by atoms with Gasteiger partial charge in [0.1, 0.15) is 12.9 Å². The Balaban J connectivity index is 3.10. The van der Waals surface area contributed by atoms with Gasteiger partial charge < -0.3 is 9.64 Å². The molecule has 0 unspecified atom stereocenters. The third-order valence-electron chi connectivity index (χ3n) is 2.60. The largest absolute Gasteiger partial charge is 0.468 e. The van der Waals surface area contributed by atoms with Crippen molar-refractivity contribution in [1.29, 1.82) is 0 Å². The summed E-state index contributed by atoms with van der Waals surface area (Å²) in [5, 5.41) is 0. The summed E-state index contributed by atoms with van der Waals surface area (Å²) < 4.78 is 18.7. The molecule has 0 aliphatic heterocycles. The molecule has 1 rings (SSSR count). The summed E-state index contributed by atoms with van der Waals surface area (Å²) in [6.07, 6.45) is 1.79. The van der Waals surface area contributed by atoms with E-state index in [2.05, 4.69) is 14.7 Å². The number of anilines is 1. The molecule has 0 aromatic carbocycles. The van der Waals surface area contributed by atoms with E-state index in [0.29, 0.717) is 12.1 Å². The molecule has 0 bridgehead atoms. The van der Waals surface area contributed by atoms with Gasteiger partial charge in [-0.15, -0.1) is 0 Å². The van der Waals surface area contributed by atoms with Crippen LogP contribution in [0.15, 0.2) is 6.33 Å². The molecule has 5 nitrogen and oxygen atoms in total. The first kappa shape index (κ1) is 14.3. The van der Waals surface area contributed by atoms with Crippen molar-refractivity contribution < 1.29 is 13.9 Å². The number of aromatic nitrogens is 2. The van der Waals surface area contributed by atoms with Gasteiger partial charge in [0.15, 0.2) is 11.6 Å². The van der Waals surface area contributed by atoms with Crippen molar-refractivity contribution in [3.8, 4) is 0 Å². The third-order valence-corrected chi connectivity index (χ3v) is 2.60. The summed E-state index contributed by atoms with van der Waals surface area (Å²) in [4.78, 5) is 20.7. The summed E-state index contributed by atoms with van der Waals surface area (Å²) in [6, 6.07) is -0.0711. The quantitative estimate of drug-likeness (QED) is 0.747. The van der Waals surface area contributed by atoms with Crippen LogP contribution in [0, 0.1) is 5.82 Å². The molecular formula is C12H18FN3O2. The van der Waals surface area contributed by atoms with Gasteiger partial charge in [-0.25, -0.2) is 14.4 Å². The lowest BCUT2D eigenvalue weighted by molar-refractivity contribution is -0.139. The second-order valence-electron chi connectivity index (χ2n) is 4.11. The Morgan fingerprint density at radius 1 is 1.50 bits per heavy atom. The fraction of sp³-hybridized carbons (Fsp3) is 0.583. The van der Waals surface area contributed by atoms with Crippen molar-refractivity contribution in [1.82, 2.24) is 9.97 Å². The van der Waals surface area contributed by atoms with Gasteiger partial charge in [0.2, 0.25) is 0 Å². The number of methoxy groups -OCH3 is 1. The van der Waals surface area contributed by atoms with Crippen LogP contribution in [0.5, 0.6) is 0 Å². The maximum Gasteiger partial charge on any atom is 0.325 e. The molecule has 0 atom stereocenters. The first-order valence-corrected chi connectivity index (χ1v) is 5.84. The molecule has 0 aliphatic carbocycles. The predicted molar refractivity (Wildman–Crippen MR) is 65.9 cm³/mol. The zero-order valence-electron chi connectivity index (χ0n) is 11.1. The highest BCUT2D eigenvalue weighted by molar-refractivity contribution is 5.75. The summed E-state index contributed by atoms with van der Waals surface area (Å²) in [7, 11) is 1.30.